The van der Waals surface area contributed by atoms with Gasteiger partial charge in [0.25, 0.3) is 5.91 Å². The predicted molar refractivity (Wildman–Crippen MR) is 120 cm³/mol. The molecule has 2 bridgehead atoms. The lowest BCUT2D eigenvalue weighted by Crippen LogP contribution is -2.43. The molecule has 2 heterocycles. The smallest absolute Gasteiger partial charge is 0.286 e. The van der Waals surface area contributed by atoms with Crippen molar-refractivity contribution in [3.8, 4) is 0 Å². The Labute approximate surface area is 195 Å². The molecule has 0 saturated heterocycles. The Hall–Kier alpha value is -1.87. The van der Waals surface area contributed by atoms with Gasteiger partial charge in [0, 0.05) is 31.1 Å². The summed E-state index contributed by atoms with van der Waals surface area (Å²) in [7, 11) is 0. The maximum absolute atomic E-state index is 13.1. The number of fused-ring (bicyclic) bond motifs is 2. The summed E-state index contributed by atoms with van der Waals surface area (Å²) in [5.41, 5.74) is 0.990. The van der Waals surface area contributed by atoms with Crippen molar-refractivity contribution >= 4 is 5.91 Å². The van der Waals surface area contributed by atoms with Gasteiger partial charge in [0.2, 0.25) is 6.29 Å². The fraction of sp³-hybridized carbons (Fsp3) is 0.720. The van der Waals surface area contributed by atoms with Crippen LogP contribution in [0.15, 0.2) is 34.8 Å². The van der Waals surface area contributed by atoms with Crippen molar-refractivity contribution < 1.29 is 33.3 Å². The Morgan fingerprint density at radius 2 is 2.03 bits per heavy atom. The van der Waals surface area contributed by atoms with Crippen LogP contribution in [-0.4, -0.2) is 63.0 Å². The fourth-order valence-corrected chi connectivity index (χ4v) is 5.55. The number of carbonyl (C=O) groups excluding carboxylic acids is 1. The van der Waals surface area contributed by atoms with Crippen LogP contribution in [0.5, 0.6) is 0 Å². The third kappa shape index (κ3) is 6.18. The van der Waals surface area contributed by atoms with Gasteiger partial charge in [-0.2, -0.15) is 0 Å². The van der Waals surface area contributed by atoms with E-state index in [1.807, 2.05) is 19.1 Å². The Morgan fingerprint density at radius 3 is 2.70 bits per heavy atom. The van der Waals surface area contributed by atoms with Crippen molar-refractivity contribution in [3.05, 3.63) is 36.0 Å². The second-order valence-corrected chi connectivity index (χ2v) is 9.21. The fourth-order valence-electron chi connectivity index (χ4n) is 5.55. The maximum Gasteiger partial charge on any atom is 0.286 e. The molecule has 2 aliphatic carbocycles. The largest absolute Gasteiger partial charge is 0.472 e. The number of furan rings is 1. The summed E-state index contributed by atoms with van der Waals surface area (Å²) < 4.78 is 28.4. The van der Waals surface area contributed by atoms with E-state index in [4.69, 9.17) is 28.5 Å². The molecule has 0 spiro atoms. The number of hydrogen-bond donors (Lipinski definition) is 2. The van der Waals surface area contributed by atoms with Crippen molar-refractivity contribution in [1.29, 1.82) is 0 Å². The molecule has 2 fully saturated rings. The van der Waals surface area contributed by atoms with E-state index < -0.39 is 6.29 Å². The predicted octanol–water partition coefficient (Wildman–Crippen LogP) is 2.98. The maximum atomic E-state index is 13.1. The Balaban J connectivity index is 1.41. The summed E-state index contributed by atoms with van der Waals surface area (Å²) in [5.74, 6) is 1.43. The summed E-state index contributed by atoms with van der Waals surface area (Å²) in [4.78, 5) is 13.1. The minimum atomic E-state index is -0.546. The summed E-state index contributed by atoms with van der Waals surface area (Å²) in [5, 5.41) is 12.0. The first-order valence-electron chi connectivity index (χ1n) is 12.3. The summed E-state index contributed by atoms with van der Waals surface area (Å²) >= 11 is 0. The van der Waals surface area contributed by atoms with Gasteiger partial charge in [-0.05, 0) is 62.1 Å². The lowest BCUT2D eigenvalue weighted by Gasteiger charge is -2.37. The van der Waals surface area contributed by atoms with E-state index in [1.165, 1.54) is 19.3 Å². The first-order chi connectivity index (χ1) is 16.2. The minimum Gasteiger partial charge on any atom is -0.472 e. The molecule has 6 atom stereocenters. The molecular formula is C25H37NO7. The number of amides is 1. The van der Waals surface area contributed by atoms with Crippen molar-refractivity contribution in [3.63, 3.8) is 0 Å². The van der Waals surface area contributed by atoms with Crippen molar-refractivity contribution in [2.45, 2.75) is 57.3 Å². The number of hydrogen-bond acceptors (Lipinski definition) is 7. The van der Waals surface area contributed by atoms with Gasteiger partial charge in [-0.1, -0.05) is 6.42 Å². The van der Waals surface area contributed by atoms with Crippen LogP contribution in [0.2, 0.25) is 0 Å². The zero-order valence-electron chi connectivity index (χ0n) is 19.4. The molecule has 8 heteroatoms. The van der Waals surface area contributed by atoms with E-state index in [-0.39, 0.29) is 30.4 Å². The number of carbonyl (C=O) groups is 1. The highest BCUT2D eigenvalue weighted by molar-refractivity contribution is 5.92. The molecule has 1 amide bonds. The first-order valence-corrected chi connectivity index (χ1v) is 12.3. The highest BCUT2D eigenvalue weighted by atomic mass is 16.7. The van der Waals surface area contributed by atoms with Gasteiger partial charge >= 0.3 is 0 Å². The number of nitrogens with one attached hydrogen (secondary N) is 1. The molecular weight excluding hydrogens is 426 g/mol. The molecule has 5 unspecified atom stereocenters. The molecule has 0 radical (unpaired) electrons. The number of rotatable bonds is 13. The number of aliphatic hydroxyl groups excluding tert-OH is 1. The number of allylic oxidation sites excluding steroid dienone is 1. The molecule has 4 rings (SSSR count). The number of aliphatic hydroxyl groups is 1. The average Bonchev–Trinajstić information content (AvgIpc) is 3.58. The topological polar surface area (TPSA) is 99.4 Å². The van der Waals surface area contributed by atoms with Crippen LogP contribution >= 0.6 is 0 Å². The SMILES string of the molecule is CCOC1OC(C(=O)NC2CC3CCC2C3)=C[C@H](c2ccoc2)C1CCOCCOCCO. The van der Waals surface area contributed by atoms with Gasteiger partial charge in [-0.15, -0.1) is 0 Å². The first kappa shape index (κ1) is 24.3. The standard InChI is InChI=1S/C25H37NO7/c1-2-32-25-20(6-9-29-11-12-30-10-7-27)21(19-5-8-31-16-19)15-23(33-25)24(28)26-22-14-17-3-4-18(22)13-17/h5,8,15-18,20-22,25,27H,2-4,6-7,9-14H2,1H3,(H,26,28)/t17?,18?,20?,21-,22?,25?/m1/s1. The van der Waals surface area contributed by atoms with Crippen LogP contribution in [-0.2, 0) is 23.7 Å². The summed E-state index contributed by atoms with van der Waals surface area (Å²) in [6.07, 6.45) is 10.2. The lowest BCUT2D eigenvalue weighted by molar-refractivity contribution is -0.168. The molecule has 1 aliphatic heterocycles. The van der Waals surface area contributed by atoms with Crippen LogP contribution in [0.1, 0.15) is 50.5 Å². The van der Waals surface area contributed by atoms with E-state index in [0.717, 1.165) is 17.9 Å². The molecule has 1 aromatic heterocycles. The van der Waals surface area contributed by atoms with Crippen LogP contribution in [0.3, 0.4) is 0 Å². The molecule has 8 nitrogen and oxygen atoms in total. The van der Waals surface area contributed by atoms with Crippen LogP contribution in [0.25, 0.3) is 0 Å². The molecule has 184 valence electrons. The molecule has 1 aromatic rings. The van der Waals surface area contributed by atoms with E-state index in [9.17, 15) is 4.79 Å². The van der Waals surface area contributed by atoms with E-state index in [2.05, 4.69) is 5.32 Å². The summed E-state index contributed by atoms with van der Waals surface area (Å²) in [6, 6.07) is 2.18. The zero-order chi connectivity index (χ0) is 23.0. The Bertz CT molecular complexity index is 765. The normalized spacial score (nSPS) is 30.8. The second-order valence-electron chi connectivity index (χ2n) is 9.21. The van der Waals surface area contributed by atoms with Gasteiger partial charge in [-0.25, -0.2) is 0 Å². The molecule has 33 heavy (non-hydrogen) atoms. The van der Waals surface area contributed by atoms with E-state index >= 15 is 0 Å². The zero-order valence-corrected chi connectivity index (χ0v) is 19.4. The average molecular weight is 464 g/mol. The van der Waals surface area contributed by atoms with Crippen molar-refractivity contribution in [2.24, 2.45) is 17.8 Å². The van der Waals surface area contributed by atoms with Crippen LogP contribution < -0.4 is 5.32 Å². The Kier molecular flexibility index (Phi) is 8.83. The van der Waals surface area contributed by atoms with Crippen LogP contribution in [0, 0.1) is 17.8 Å². The molecule has 0 aromatic carbocycles. The second kappa shape index (κ2) is 12.0. The Morgan fingerprint density at radius 1 is 1.18 bits per heavy atom. The van der Waals surface area contributed by atoms with Gasteiger partial charge in [0.1, 0.15) is 0 Å². The minimum absolute atomic E-state index is 0.00601. The monoisotopic (exact) mass is 463 g/mol. The van der Waals surface area contributed by atoms with Crippen molar-refractivity contribution in [1.82, 2.24) is 5.32 Å². The van der Waals surface area contributed by atoms with Gasteiger partial charge < -0.3 is 33.8 Å². The quantitative estimate of drug-likeness (QED) is 0.434. The highest BCUT2D eigenvalue weighted by Crippen LogP contribution is 2.45. The molecule has 2 saturated carbocycles. The van der Waals surface area contributed by atoms with Crippen molar-refractivity contribution in [2.75, 3.05) is 39.6 Å². The van der Waals surface area contributed by atoms with Crippen LogP contribution in [0.4, 0.5) is 0 Å². The molecule has 3 aliphatic rings. The third-order valence-corrected chi connectivity index (χ3v) is 7.13. The number of ether oxygens (including phenoxy) is 4. The molecule has 2 N–H and O–H groups in total. The third-order valence-electron chi connectivity index (χ3n) is 7.13. The summed E-state index contributed by atoms with van der Waals surface area (Å²) in [6.45, 7) is 4.13. The van der Waals surface area contributed by atoms with E-state index in [0.29, 0.717) is 51.1 Å². The van der Waals surface area contributed by atoms with Gasteiger partial charge in [0.05, 0.1) is 39.0 Å². The lowest BCUT2D eigenvalue weighted by atomic mass is 9.82. The van der Waals surface area contributed by atoms with E-state index in [1.54, 1.807) is 12.5 Å². The highest BCUT2D eigenvalue weighted by Gasteiger charge is 2.42. The van der Waals surface area contributed by atoms with Gasteiger partial charge in [0.15, 0.2) is 5.76 Å². The van der Waals surface area contributed by atoms with Gasteiger partial charge in [-0.3, -0.25) is 4.79 Å².